The summed E-state index contributed by atoms with van der Waals surface area (Å²) in [5.41, 5.74) is 57.9. The molecule has 0 aromatic heterocycles. The Labute approximate surface area is 933 Å². The van der Waals surface area contributed by atoms with E-state index in [1.165, 1.54) is 87.2 Å². The lowest BCUT2D eigenvalue weighted by Gasteiger charge is -2.04. The number of nitrogen functional groups attached to an aromatic ring is 5. The number of hydrogen-bond acceptors (Lipinski definition) is 18. The monoisotopic (exact) mass is 2350 g/mol. The molecule has 0 atom stereocenters. The van der Waals surface area contributed by atoms with Gasteiger partial charge >= 0.3 is 0 Å². The molecular formula is C105H103Cl13F8N12O9S2. The Hall–Kier alpha value is -11.1. The van der Waals surface area contributed by atoms with E-state index < -0.39 is 45.8 Å². The molecule has 0 unspecified atom stereocenters. The quantitative estimate of drug-likeness (QED) is 0.0110. The van der Waals surface area contributed by atoms with Crippen LogP contribution < -0.4 is 56.5 Å². The van der Waals surface area contributed by atoms with Crippen LogP contribution in [0.4, 0.5) is 80.6 Å². The van der Waals surface area contributed by atoms with E-state index in [0.29, 0.717) is 124 Å². The van der Waals surface area contributed by atoms with Crippen LogP contribution in [0.1, 0.15) is 104 Å². The number of rotatable bonds is 11. The van der Waals surface area contributed by atoms with Crippen molar-refractivity contribution in [1.29, 1.82) is 0 Å². The molecule has 44 heteroatoms. The van der Waals surface area contributed by atoms with E-state index in [1.54, 1.807) is 115 Å². The third-order valence-electron chi connectivity index (χ3n) is 19.1. The van der Waals surface area contributed by atoms with Gasteiger partial charge < -0.3 is 50.6 Å². The number of nitrogens with zero attached hydrogens (tertiary/aromatic N) is 3. The largest absolute Gasteiger partial charge is 0.495 e. The zero-order valence-corrected chi connectivity index (χ0v) is 93.8. The van der Waals surface area contributed by atoms with Gasteiger partial charge in [-0.1, -0.05) is 205 Å². The summed E-state index contributed by atoms with van der Waals surface area (Å²) in [5, 5.41) is 15.7. The number of nitro benzene ring substituents is 1. The van der Waals surface area contributed by atoms with Crippen molar-refractivity contribution in [3.05, 3.63) is 452 Å². The van der Waals surface area contributed by atoms with Gasteiger partial charge in [0.15, 0.2) is 11.4 Å². The highest BCUT2D eigenvalue weighted by molar-refractivity contribution is 7.94. The lowest BCUT2D eigenvalue weighted by atomic mass is 10.1. The van der Waals surface area contributed by atoms with Crippen LogP contribution in [0.5, 0.6) is 5.75 Å². The summed E-state index contributed by atoms with van der Waals surface area (Å²) < 4.78 is 116. The Morgan fingerprint density at radius 1 is 0.342 bits per heavy atom. The van der Waals surface area contributed by atoms with E-state index in [2.05, 4.69) is 34.1 Å². The van der Waals surface area contributed by atoms with Crippen LogP contribution in [0.2, 0.25) is 65.3 Å². The van der Waals surface area contributed by atoms with Gasteiger partial charge in [0.1, 0.15) is 52.3 Å². The summed E-state index contributed by atoms with van der Waals surface area (Å²) in [5.74, 6) is 0.683. The van der Waals surface area contributed by atoms with Crippen LogP contribution in [0, 0.1) is 167 Å². The predicted octanol–water partition coefficient (Wildman–Crippen LogP) is 34.5. The van der Waals surface area contributed by atoms with Gasteiger partial charge in [-0.2, -0.15) is 10.2 Å². The molecule has 0 bridgehead atoms. The Kier molecular flexibility index (Phi) is 63.9. The van der Waals surface area contributed by atoms with Gasteiger partial charge in [0.05, 0.1) is 83.5 Å². The Morgan fingerprint density at radius 3 is 1.11 bits per heavy atom. The fourth-order valence-corrected chi connectivity index (χ4v) is 14.0. The molecule has 0 fully saturated rings. The molecule has 0 saturated carbocycles. The molecule has 2 amide bonds. The van der Waals surface area contributed by atoms with Crippen LogP contribution in [0.3, 0.4) is 0 Å². The van der Waals surface area contributed by atoms with Crippen molar-refractivity contribution >= 4 is 232 Å². The van der Waals surface area contributed by atoms with Crippen molar-refractivity contribution in [2.45, 2.75) is 113 Å². The molecule has 149 heavy (non-hydrogen) atoms. The summed E-state index contributed by atoms with van der Waals surface area (Å²) in [4.78, 5) is 47.1. The number of carbonyl (C=O) groups excluding carboxylic acids is 2. The molecule has 0 heterocycles. The van der Waals surface area contributed by atoms with Crippen LogP contribution >= 0.6 is 175 Å². The molecule has 0 radical (unpaired) electrons. The summed E-state index contributed by atoms with van der Waals surface area (Å²) in [6.45, 7) is 38.2. The van der Waals surface area contributed by atoms with Crippen LogP contribution in [-0.2, 0) is 25.1 Å². The second-order valence-corrected chi connectivity index (χ2v) is 37.6. The average Bonchev–Trinajstić information content (AvgIpc) is 0.829. The number of amides is 2. The summed E-state index contributed by atoms with van der Waals surface area (Å²) >= 11 is 74.4. The number of nitrogens with two attached hydrogens (primary N) is 9. The molecule has 0 aliphatic heterocycles. The summed E-state index contributed by atoms with van der Waals surface area (Å²) in [6.07, 6.45) is 0. The number of halogens is 21. The normalized spacial score (nSPS) is 9.78. The number of anilines is 5. The number of aryl methyl sites for hydroxylation is 8. The predicted molar refractivity (Wildman–Crippen MR) is 600 cm³/mol. The molecule has 0 saturated heterocycles. The highest BCUT2D eigenvalue weighted by atomic mass is 35.5. The minimum atomic E-state index is -0.672. The Morgan fingerprint density at radius 2 is 0.711 bits per heavy atom. The lowest BCUT2D eigenvalue weighted by Crippen LogP contribution is -2.13. The van der Waals surface area contributed by atoms with Crippen molar-refractivity contribution in [2.75, 3.05) is 42.9 Å². The number of primary amides is 2. The first kappa shape index (κ1) is 136. The molecule has 0 aliphatic carbocycles. The average molecular weight is 2350 g/mol. The zero-order valence-electron chi connectivity index (χ0n) is 82.4. The van der Waals surface area contributed by atoms with E-state index in [-0.39, 0.29) is 65.6 Å². The second-order valence-electron chi connectivity index (χ2n) is 30.5. The molecule has 21 nitrogen and oxygen atoms in total. The number of nitro groups is 1. The summed E-state index contributed by atoms with van der Waals surface area (Å²) in [6, 6.07) is 56.0. The van der Waals surface area contributed by atoms with Crippen LogP contribution in [0.15, 0.2) is 222 Å². The highest BCUT2D eigenvalue weighted by Crippen LogP contribution is 2.34. The zero-order chi connectivity index (χ0) is 114. The Balaban J connectivity index is 0.000000803. The van der Waals surface area contributed by atoms with E-state index in [9.17, 15) is 54.8 Å². The van der Waals surface area contributed by atoms with Crippen molar-refractivity contribution in [3.8, 4) is 5.75 Å². The minimum absolute atomic E-state index is 0.00407. The van der Waals surface area contributed by atoms with Gasteiger partial charge in [0, 0.05) is 128 Å². The maximum absolute atomic E-state index is 13.1. The maximum Gasteiger partial charge on any atom is 0.273 e. The number of hydrogen-bond donors (Lipinski definition) is 9. The van der Waals surface area contributed by atoms with Crippen molar-refractivity contribution in [1.82, 2.24) is 0 Å². The number of ether oxygens (including phenoxy) is 1. The van der Waals surface area contributed by atoms with Gasteiger partial charge in [0.2, 0.25) is 11.8 Å². The molecule has 14 rings (SSSR count). The van der Waals surface area contributed by atoms with Crippen molar-refractivity contribution in [2.24, 2.45) is 23.1 Å². The first-order valence-corrected chi connectivity index (χ1v) is 48.6. The molecule has 0 spiro atoms. The smallest absolute Gasteiger partial charge is 0.273 e. The first-order chi connectivity index (χ1) is 69.6. The third-order valence-corrected chi connectivity index (χ3v) is 23.9. The molecule has 14 aromatic rings. The number of benzene rings is 14. The number of carbonyl (C=O) groups is 2. The van der Waals surface area contributed by atoms with Gasteiger partial charge in [-0.3, -0.25) is 19.7 Å². The molecule has 0 aliphatic rings. The van der Waals surface area contributed by atoms with E-state index >= 15 is 0 Å². The fraction of sp³-hybridized carbons (Fsp3) is 0.162. The SMILES string of the molecule is COOSc1cc(Cl)cc(F)c1C.COc1ccc(C)cc1N.Cc1c(F)cc(Cl)cc1C(N)=O.Cc1c(F)cc(Cl)cc1F.Cc1c(F)cc(Cl)cc1SOON.Cc1c(N)cc(Cl)cc1F.Cc1cc(N)c(Cl)cc1F.Cc1ccc(Cl)c(CN)c1.Cc1ccc(Cl)c(N)c1.Cc1ccc(Cl)cc1C(N)=O.Cc1ccc(Cl)cc1N.Cc1ccc(Cl)cc1[N+](=O)[O-].[C-]#[N+]c1cc(Cl)cc(F)c1C.[C-]#[N+]c1cc(Cl)ccc1C. The lowest BCUT2D eigenvalue weighted by molar-refractivity contribution is -0.385. The molecule has 796 valence electrons. The van der Waals surface area contributed by atoms with Gasteiger partial charge in [-0.15, -0.1) is 9.32 Å². The van der Waals surface area contributed by atoms with Crippen LogP contribution in [-0.4, -0.2) is 31.0 Å². The molecule has 18 N–H and O–H groups in total. The highest BCUT2D eigenvalue weighted by Gasteiger charge is 2.16. The molecule has 14 aromatic carbocycles. The van der Waals surface area contributed by atoms with Crippen molar-refractivity contribution < 1.29 is 72.9 Å². The fourth-order valence-electron chi connectivity index (χ4n) is 10.5. The van der Waals surface area contributed by atoms with Crippen molar-refractivity contribution in [3.63, 3.8) is 0 Å². The first-order valence-electron chi connectivity index (χ1n) is 42.2. The topological polar surface area (TPSA) is 366 Å². The minimum Gasteiger partial charge on any atom is -0.495 e. The van der Waals surface area contributed by atoms with E-state index in [1.807, 2.05) is 108 Å². The maximum atomic E-state index is 13.1. The molecular weight excluding hydrogens is 2250 g/mol. The number of methoxy groups -OCH3 is 1. The van der Waals surface area contributed by atoms with Gasteiger partial charge in [0.25, 0.3) is 5.69 Å². The standard InChI is InChI=1S/C8H7ClFNO.C8H5ClFN.C8H8ClFO2S.C8H8ClNO.C8H6ClN.C8H10ClN.C8H11NO.C7H5ClF2.C7H7ClFNO2S.2C7H7ClFN.C7H6ClNO2.2C7H8ClN/c1-4-6(8(11)12)2-5(9)3-7(4)10;1-5-7(10)3-6(9)4-8(5)11-2;1-5-7(10)3-6(9)4-8(5)13-12-11-2;1-5-2-3-6(9)4-7(5)8(10)11;1-6-3-4-7(9)5-8(6)10-2;1-6-2-3-8(9)7(4-6)5-10;1-6-3-4-8(10-2)7(9)5-6;1-4-6(9)2-5(8)3-7(4)10;1-4-6(9)2-5(8)3-7(4)13-12-11-10;1-4-6(9)2-5(8)3-7(4)10;1-4-2-7(10)5(8)3-6(4)9;1-5-2-3-6(8)4-7(5)9(10)11;1-5-2-3-6(8)4-7(5)9;1-5-2-3-6(8)7(9)4-5/h2-3H,1H3,(H2,11,12);3-4H,1H3;3-4H,1-2H3;2-4H,1H3,(H2,10,11);3-5H,1H3;2-4H,5,10H2,1H3;3-5H,9H2,1-2H3;2-3H,1H3;2-3H,10H2,1H3;2*2-3H,10H2,1H3;2-4H,1H3;2*2-4H,9H2,1H3. The third kappa shape index (κ3) is 51.5. The van der Waals surface area contributed by atoms with Gasteiger partial charge in [-0.05, 0) is 305 Å². The van der Waals surface area contributed by atoms with Crippen LogP contribution in [0.25, 0.3) is 9.69 Å². The second kappa shape index (κ2) is 70.1. The van der Waals surface area contributed by atoms with Gasteiger partial charge in [-0.25, -0.2) is 49.7 Å². The van der Waals surface area contributed by atoms with E-state index in [0.717, 1.165) is 92.1 Å². The summed E-state index contributed by atoms with van der Waals surface area (Å²) in [7, 11) is 2.99. The van der Waals surface area contributed by atoms with E-state index in [4.69, 9.17) is 215 Å². The Bertz CT molecular complexity index is 6630.